The summed E-state index contributed by atoms with van der Waals surface area (Å²) in [5.74, 6) is -1.56. The van der Waals surface area contributed by atoms with Crippen molar-refractivity contribution in [2.24, 2.45) is 0 Å². The Morgan fingerprint density at radius 2 is 2.04 bits per heavy atom. The number of nitrogens with zero attached hydrogens (tertiary/aromatic N) is 2. The summed E-state index contributed by atoms with van der Waals surface area (Å²) < 4.78 is 4.97. The molecule has 2 atom stereocenters. The van der Waals surface area contributed by atoms with Crippen molar-refractivity contribution in [3.05, 3.63) is 46.5 Å². The number of carboxylic acids is 1. The van der Waals surface area contributed by atoms with Gasteiger partial charge in [0.25, 0.3) is 5.24 Å². The molecule has 2 rings (SSSR count). The molecule has 0 aliphatic carbocycles. The van der Waals surface area contributed by atoms with Crippen LogP contribution in [-0.2, 0) is 14.3 Å². The number of amides is 1. The van der Waals surface area contributed by atoms with Crippen LogP contribution < -0.4 is 0 Å². The molecule has 1 unspecified atom stereocenters. The zero-order valence-corrected chi connectivity index (χ0v) is 17.5. The molecule has 1 aromatic rings. The highest BCUT2D eigenvalue weighted by Gasteiger charge is 2.36. The van der Waals surface area contributed by atoms with Crippen LogP contribution >= 0.6 is 23.4 Å². The number of benzene rings is 1. The number of hydrogen-bond acceptors (Lipinski definition) is 6. The van der Waals surface area contributed by atoms with Gasteiger partial charge in [-0.15, -0.1) is 0 Å². The molecule has 0 aromatic heterocycles. The van der Waals surface area contributed by atoms with Crippen molar-refractivity contribution >= 4 is 40.5 Å². The van der Waals surface area contributed by atoms with E-state index in [0.29, 0.717) is 29.1 Å². The van der Waals surface area contributed by atoms with E-state index in [2.05, 4.69) is 0 Å². The van der Waals surface area contributed by atoms with E-state index in [4.69, 9.17) is 16.3 Å². The summed E-state index contributed by atoms with van der Waals surface area (Å²) in [5, 5.41) is 9.27. The second-order valence-electron chi connectivity index (χ2n) is 6.53. The predicted octanol–water partition coefficient (Wildman–Crippen LogP) is 3.05. The lowest BCUT2D eigenvalue weighted by Crippen LogP contribution is -2.43. The maximum Gasteiger partial charge on any atom is 0.328 e. The Morgan fingerprint density at radius 1 is 1.36 bits per heavy atom. The van der Waals surface area contributed by atoms with Crippen molar-refractivity contribution in [1.82, 2.24) is 9.80 Å². The monoisotopic (exact) mass is 426 g/mol. The third kappa shape index (κ3) is 5.50. The van der Waals surface area contributed by atoms with Gasteiger partial charge in [0.05, 0.1) is 7.11 Å². The van der Waals surface area contributed by atoms with Crippen molar-refractivity contribution in [2.75, 3.05) is 34.3 Å². The first kappa shape index (κ1) is 22.3. The Morgan fingerprint density at radius 3 is 2.61 bits per heavy atom. The van der Waals surface area contributed by atoms with E-state index in [0.717, 1.165) is 17.8 Å². The van der Waals surface area contributed by atoms with Gasteiger partial charge in [-0.3, -0.25) is 9.69 Å². The lowest BCUT2D eigenvalue weighted by atomic mass is 9.98. The number of piperidine rings is 1. The van der Waals surface area contributed by atoms with E-state index in [1.165, 1.54) is 12.0 Å². The fourth-order valence-corrected chi connectivity index (χ4v) is 4.25. The van der Waals surface area contributed by atoms with Gasteiger partial charge in [0, 0.05) is 43.5 Å². The van der Waals surface area contributed by atoms with Crippen LogP contribution in [0.2, 0.25) is 5.02 Å². The topological polar surface area (TPSA) is 87.2 Å². The molecule has 0 saturated carbocycles. The van der Waals surface area contributed by atoms with Crippen molar-refractivity contribution in [2.45, 2.75) is 17.7 Å². The fourth-order valence-electron chi connectivity index (χ4n) is 3.04. The highest BCUT2D eigenvalue weighted by atomic mass is 35.5. The lowest BCUT2D eigenvalue weighted by molar-refractivity contribution is -0.147. The number of esters is 1. The van der Waals surface area contributed by atoms with Crippen LogP contribution in [0.5, 0.6) is 0 Å². The summed E-state index contributed by atoms with van der Waals surface area (Å²) in [7, 11) is 4.60. The van der Waals surface area contributed by atoms with Gasteiger partial charge in [-0.05, 0) is 23.6 Å². The summed E-state index contributed by atoms with van der Waals surface area (Å²) >= 11 is 7.39. The molecule has 1 N–H and O–H groups in total. The Labute approximate surface area is 173 Å². The van der Waals surface area contributed by atoms with Crippen molar-refractivity contribution < 1.29 is 24.2 Å². The van der Waals surface area contributed by atoms with Gasteiger partial charge >= 0.3 is 11.9 Å². The van der Waals surface area contributed by atoms with Gasteiger partial charge in [0.1, 0.15) is 6.04 Å². The molecule has 28 heavy (non-hydrogen) atoms. The van der Waals surface area contributed by atoms with Crippen molar-refractivity contribution in [3.8, 4) is 0 Å². The van der Waals surface area contributed by atoms with Crippen molar-refractivity contribution in [3.63, 3.8) is 0 Å². The summed E-state index contributed by atoms with van der Waals surface area (Å²) in [5.41, 5.74) is 1.17. The largest absolute Gasteiger partial charge is 0.478 e. The number of thioether (sulfide) groups is 1. The van der Waals surface area contributed by atoms with Crippen LogP contribution in [0, 0.1) is 0 Å². The van der Waals surface area contributed by atoms with Crippen LogP contribution in [0.3, 0.4) is 0 Å². The van der Waals surface area contributed by atoms with Crippen LogP contribution in [0.25, 0.3) is 0 Å². The summed E-state index contributed by atoms with van der Waals surface area (Å²) in [4.78, 5) is 39.2. The molecule has 1 aliphatic heterocycles. The van der Waals surface area contributed by atoms with Gasteiger partial charge in [0.2, 0.25) is 0 Å². The molecule has 0 radical (unpaired) electrons. The third-order valence-electron chi connectivity index (χ3n) is 4.38. The first-order chi connectivity index (χ1) is 13.2. The minimum Gasteiger partial charge on any atom is -0.478 e. The Bertz CT molecular complexity index is 783. The Balaban J connectivity index is 2.33. The average molecular weight is 427 g/mol. The molecule has 1 aliphatic rings. The highest BCUT2D eigenvalue weighted by molar-refractivity contribution is 8.14. The fraction of sp³-hybridized carbons (Fsp3) is 0.421. The molecule has 0 bridgehead atoms. The van der Waals surface area contributed by atoms with Crippen LogP contribution in [-0.4, -0.2) is 71.6 Å². The third-order valence-corrected chi connectivity index (χ3v) is 6.12. The molecule has 1 heterocycles. The number of methoxy groups -OCH3 is 1. The molecule has 9 heteroatoms. The van der Waals surface area contributed by atoms with E-state index in [-0.39, 0.29) is 17.0 Å². The van der Waals surface area contributed by atoms with Gasteiger partial charge < -0.3 is 14.7 Å². The molecule has 1 fully saturated rings. The van der Waals surface area contributed by atoms with Gasteiger partial charge in [0.15, 0.2) is 0 Å². The van der Waals surface area contributed by atoms with E-state index < -0.39 is 18.0 Å². The quantitative estimate of drug-likeness (QED) is 0.571. The van der Waals surface area contributed by atoms with E-state index in [9.17, 15) is 19.5 Å². The van der Waals surface area contributed by atoms with Crippen LogP contribution in [0.1, 0.15) is 18.0 Å². The number of hydrogen-bond donors (Lipinski definition) is 1. The lowest BCUT2D eigenvalue weighted by Gasteiger charge is -2.38. The molecule has 1 saturated heterocycles. The number of carbonyl (C=O) groups excluding carboxylic acids is 2. The zero-order valence-electron chi connectivity index (χ0n) is 15.9. The summed E-state index contributed by atoms with van der Waals surface area (Å²) in [6.07, 6.45) is 1.63. The molecular weight excluding hydrogens is 404 g/mol. The number of likely N-dealkylation sites (tertiary alicyclic amines) is 1. The molecule has 1 amide bonds. The molecule has 0 spiro atoms. The average Bonchev–Trinajstić information content (AvgIpc) is 2.64. The van der Waals surface area contributed by atoms with E-state index >= 15 is 0 Å². The SMILES string of the molecule is COC(=O)[C@H](c1ccccc1Cl)N1CCC(SC(=O)N(C)C)/C(=C\C(=O)O)C1. The minimum absolute atomic E-state index is 0.148. The van der Waals surface area contributed by atoms with Gasteiger partial charge in [-0.2, -0.15) is 0 Å². The zero-order chi connectivity index (χ0) is 20.8. The van der Waals surface area contributed by atoms with Gasteiger partial charge in [-0.25, -0.2) is 9.59 Å². The first-order valence-electron chi connectivity index (χ1n) is 8.62. The maximum atomic E-state index is 12.5. The molecule has 7 nitrogen and oxygen atoms in total. The normalized spacial score (nSPS) is 19.9. The second kappa shape index (κ2) is 9.95. The number of carboxylic acid groups (broad SMARTS) is 1. The molecule has 152 valence electrons. The minimum atomic E-state index is -1.09. The molecular formula is C19H23ClN2O5S. The van der Waals surface area contributed by atoms with E-state index in [1.54, 1.807) is 38.4 Å². The smallest absolute Gasteiger partial charge is 0.328 e. The number of rotatable bonds is 5. The first-order valence-corrected chi connectivity index (χ1v) is 9.88. The number of carbonyl (C=O) groups is 3. The highest BCUT2D eigenvalue weighted by Crippen LogP contribution is 2.35. The van der Waals surface area contributed by atoms with Crippen LogP contribution in [0.4, 0.5) is 4.79 Å². The van der Waals surface area contributed by atoms with Crippen LogP contribution in [0.15, 0.2) is 35.9 Å². The molecule has 1 aromatic carbocycles. The number of ether oxygens (including phenoxy) is 1. The second-order valence-corrected chi connectivity index (χ2v) is 8.09. The number of halogens is 1. The Hall–Kier alpha value is -2.03. The predicted molar refractivity (Wildman–Crippen MR) is 109 cm³/mol. The summed E-state index contributed by atoms with van der Waals surface area (Å²) in [6.45, 7) is 0.704. The number of aliphatic carboxylic acids is 1. The van der Waals surface area contributed by atoms with Gasteiger partial charge in [-0.1, -0.05) is 41.6 Å². The van der Waals surface area contributed by atoms with E-state index in [1.807, 2.05) is 4.90 Å². The van der Waals surface area contributed by atoms with Crippen molar-refractivity contribution in [1.29, 1.82) is 0 Å². The maximum absolute atomic E-state index is 12.5. The standard InChI is InChI=1S/C19H23ClN2O5S/c1-21(2)19(26)28-15-8-9-22(11-12(15)10-16(23)24)17(18(25)27-3)13-6-4-5-7-14(13)20/h4-7,10,15,17H,8-9,11H2,1-3H3,(H,23,24)/b12-10-/t15?,17-/m0/s1. The summed E-state index contributed by atoms with van der Waals surface area (Å²) in [6, 6.07) is 6.24. The Kier molecular flexibility index (Phi) is 7.91.